The van der Waals surface area contributed by atoms with E-state index >= 15 is 0 Å². The van der Waals surface area contributed by atoms with Gasteiger partial charge in [0.15, 0.2) is 11.5 Å². The minimum Gasteiger partial charge on any atom is -0.383 e. The van der Waals surface area contributed by atoms with Crippen molar-refractivity contribution in [2.24, 2.45) is 11.8 Å². The summed E-state index contributed by atoms with van der Waals surface area (Å²) in [5.74, 6) is 0.258. The summed E-state index contributed by atoms with van der Waals surface area (Å²) in [6, 6.07) is 1.37. The molecule has 0 amide bonds. The van der Waals surface area contributed by atoms with Crippen molar-refractivity contribution in [1.29, 1.82) is 0 Å². The molecule has 0 bridgehead atoms. The largest absolute Gasteiger partial charge is 0.472 e. The fourth-order valence-corrected chi connectivity index (χ4v) is 7.37. The monoisotopic (exact) mass is 688 g/mol. The Morgan fingerprint density at radius 2 is 1.65 bits per heavy atom. The van der Waals surface area contributed by atoms with Gasteiger partial charge in [-0.2, -0.15) is 4.98 Å². The Bertz CT molecular complexity index is 1690. The Balaban J connectivity index is 1.28. The van der Waals surface area contributed by atoms with E-state index in [2.05, 4.69) is 19.9 Å². The Labute approximate surface area is 263 Å². The van der Waals surface area contributed by atoms with Crippen molar-refractivity contribution < 1.29 is 46.5 Å². The Morgan fingerprint density at radius 1 is 0.978 bits per heavy atom. The van der Waals surface area contributed by atoms with Gasteiger partial charge in [0.2, 0.25) is 0 Å². The number of phosphoric acid groups is 2. The number of fused-ring (bicyclic) bond motifs is 1. The SMILES string of the molecule is CC(C)OP(=O)(O)OC[C@H]1O[C@@H](n2ccc(N)nc2=O)C[C@@H]1OP(=O)(O)OC[C@H]1O[C@@H](n2cnc3c(N)ncnc32)C[C@@H]1C(C)C. The molecule has 0 radical (unpaired) electrons. The van der Waals surface area contributed by atoms with E-state index in [1.165, 1.54) is 18.6 Å². The third kappa shape index (κ3) is 7.99. The van der Waals surface area contributed by atoms with Crippen LogP contribution >= 0.6 is 15.6 Å². The van der Waals surface area contributed by atoms with Crippen LogP contribution in [-0.4, -0.2) is 76.5 Å². The van der Waals surface area contributed by atoms with Gasteiger partial charge in [-0.3, -0.25) is 27.2 Å². The number of ether oxygens (including phenoxy) is 2. The van der Waals surface area contributed by atoms with Gasteiger partial charge in [-0.15, -0.1) is 0 Å². The fourth-order valence-electron chi connectivity index (χ4n) is 5.48. The molecule has 2 aliphatic heterocycles. The highest BCUT2D eigenvalue weighted by molar-refractivity contribution is 7.47. The van der Waals surface area contributed by atoms with E-state index in [1.54, 1.807) is 24.7 Å². The quantitative estimate of drug-likeness (QED) is 0.187. The summed E-state index contributed by atoms with van der Waals surface area (Å²) in [6.45, 7) is 6.22. The summed E-state index contributed by atoms with van der Waals surface area (Å²) < 4.78 is 61.5. The number of phosphoric ester groups is 2. The lowest BCUT2D eigenvalue weighted by Gasteiger charge is -2.25. The molecule has 2 aliphatic rings. The minimum atomic E-state index is -4.80. The molecule has 0 aromatic carbocycles. The molecule has 8 atom stereocenters. The van der Waals surface area contributed by atoms with E-state index in [0.717, 1.165) is 4.57 Å². The van der Waals surface area contributed by atoms with Crippen molar-refractivity contribution >= 4 is 38.4 Å². The maximum atomic E-state index is 13.3. The van der Waals surface area contributed by atoms with Gasteiger partial charge in [0, 0.05) is 12.6 Å². The predicted molar refractivity (Wildman–Crippen MR) is 161 cm³/mol. The molecule has 46 heavy (non-hydrogen) atoms. The second-order valence-corrected chi connectivity index (χ2v) is 14.4. The number of rotatable bonds is 13. The Hall–Kier alpha value is -2.83. The first kappa shape index (κ1) is 34.5. The number of aromatic nitrogens is 6. The van der Waals surface area contributed by atoms with Crippen LogP contribution in [0.3, 0.4) is 0 Å². The molecule has 2 saturated heterocycles. The molecule has 0 spiro atoms. The molecular formula is C25H38N8O11P2. The average molecular weight is 689 g/mol. The van der Waals surface area contributed by atoms with Crippen LogP contribution in [-0.2, 0) is 36.7 Å². The lowest BCUT2D eigenvalue weighted by Crippen LogP contribution is -2.30. The zero-order valence-electron chi connectivity index (χ0n) is 25.6. The molecule has 5 heterocycles. The lowest BCUT2D eigenvalue weighted by atomic mass is 9.89. The lowest BCUT2D eigenvalue weighted by molar-refractivity contribution is -0.0537. The van der Waals surface area contributed by atoms with Crippen LogP contribution in [0.2, 0.25) is 0 Å². The molecule has 0 saturated carbocycles. The average Bonchev–Trinajstić information content (AvgIpc) is 3.67. The van der Waals surface area contributed by atoms with Crippen molar-refractivity contribution in [2.45, 2.75) is 77.4 Å². The van der Waals surface area contributed by atoms with Gasteiger partial charge in [-0.25, -0.2) is 28.9 Å². The van der Waals surface area contributed by atoms with Crippen molar-refractivity contribution in [3.05, 3.63) is 35.4 Å². The summed E-state index contributed by atoms with van der Waals surface area (Å²) in [6.07, 6.45) is -0.540. The zero-order chi connectivity index (χ0) is 33.4. The topological polar surface area (TPSA) is 261 Å². The smallest absolute Gasteiger partial charge is 0.383 e. The number of nitrogens with two attached hydrogens (primary N) is 2. The molecule has 21 heteroatoms. The highest BCUT2D eigenvalue weighted by atomic mass is 31.2. The van der Waals surface area contributed by atoms with Gasteiger partial charge >= 0.3 is 21.3 Å². The molecule has 0 aliphatic carbocycles. The van der Waals surface area contributed by atoms with E-state index < -0.39 is 64.8 Å². The molecule has 5 rings (SSSR count). The van der Waals surface area contributed by atoms with E-state index in [-0.39, 0.29) is 36.5 Å². The van der Waals surface area contributed by atoms with Gasteiger partial charge in [-0.05, 0) is 38.2 Å². The molecule has 3 aromatic rings. The van der Waals surface area contributed by atoms with Crippen LogP contribution in [0.25, 0.3) is 11.2 Å². The third-order valence-electron chi connectivity index (χ3n) is 7.60. The van der Waals surface area contributed by atoms with Crippen LogP contribution in [0, 0.1) is 11.8 Å². The third-order valence-corrected chi connectivity index (χ3v) is 9.77. The maximum absolute atomic E-state index is 13.3. The van der Waals surface area contributed by atoms with Crippen LogP contribution in [0.4, 0.5) is 11.6 Å². The van der Waals surface area contributed by atoms with Gasteiger partial charge in [-0.1, -0.05) is 13.8 Å². The number of imidazole rings is 1. The van der Waals surface area contributed by atoms with E-state index in [1.807, 2.05) is 13.8 Å². The number of hydrogen-bond acceptors (Lipinski definition) is 15. The highest BCUT2D eigenvalue weighted by Crippen LogP contribution is 2.51. The Kier molecular flexibility index (Phi) is 10.3. The van der Waals surface area contributed by atoms with E-state index in [0.29, 0.717) is 17.6 Å². The van der Waals surface area contributed by atoms with Crippen molar-refractivity contribution in [3.8, 4) is 0 Å². The Morgan fingerprint density at radius 3 is 2.35 bits per heavy atom. The molecule has 6 N–H and O–H groups in total. The summed E-state index contributed by atoms with van der Waals surface area (Å²) >= 11 is 0. The van der Waals surface area contributed by atoms with Crippen molar-refractivity contribution in [1.82, 2.24) is 29.1 Å². The first-order valence-electron chi connectivity index (χ1n) is 14.5. The number of nitrogens with zero attached hydrogens (tertiary/aromatic N) is 6. The van der Waals surface area contributed by atoms with Crippen LogP contribution in [0.5, 0.6) is 0 Å². The van der Waals surface area contributed by atoms with Crippen LogP contribution in [0.1, 0.15) is 53.0 Å². The van der Waals surface area contributed by atoms with Gasteiger partial charge in [0.25, 0.3) is 0 Å². The summed E-state index contributed by atoms with van der Waals surface area (Å²) in [7, 11) is -9.31. The molecule has 2 fully saturated rings. The molecule has 3 aromatic heterocycles. The minimum absolute atomic E-state index is 0.0121. The normalized spacial score (nSPS) is 27.8. The zero-order valence-corrected chi connectivity index (χ0v) is 27.3. The standard InChI is InChI=1S/C25H38N8O11P2/c1-13(2)15-7-20(33-12-30-22-23(27)28-11-29-24(22)33)41-17(15)9-39-46(37,38)44-16-8-21(32-6-5-19(26)31-25(32)34)42-18(16)10-40-45(35,36)43-14(3)4/h5-6,11-18,20-21H,7-10H2,1-4H3,(H,35,36)(H,37,38)(H2,26,31,34)(H2,27,28,29)/t15-,16+,17-,18-,20-,21-/m1/s1. The number of anilines is 2. The van der Waals surface area contributed by atoms with E-state index in [9.17, 15) is 23.7 Å². The molecule has 2 unspecified atom stereocenters. The second-order valence-electron chi connectivity index (χ2n) is 11.6. The van der Waals surface area contributed by atoms with Crippen LogP contribution in [0.15, 0.2) is 29.7 Å². The van der Waals surface area contributed by atoms with Gasteiger partial charge < -0.3 is 30.7 Å². The second kappa shape index (κ2) is 13.7. The molecule has 254 valence electrons. The maximum Gasteiger partial charge on any atom is 0.472 e. The van der Waals surface area contributed by atoms with Gasteiger partial charge in [0.1, 0.15) is 42.3 Å². The van der Waals surface area contributed by atoms with Crippen molar-refractivity contribution in [3.63, 3.8) is 0 Å². The first-order chi connectivity index (χ1) is 21.6. The van der Waals surface area contributed by atoms with Crippen LogP contribution < -0.4 is 17.2 Å². The summed E-state index contributed by atoms with van der Waals surface area (Å²) in [5, 5.41) is 0. The summed E-state index contributed by atoms with van der Waals surface area (Å²) in [4.78, 5) is 49.5. The van der Waals surface area contributed by atoms with Crippen molar-refractivity contribution in [2.75, 3.05) is 24.7 Å². The van der Waals surface area contributed by atoms with Gasteiger partial charge in [0.05, 0.1) is 31.7 Å². The number of hydrogen-bond donors (Lipinski definition) is 4. The predicted octanol–water partition coefficient (Wildman–Crippen LogP) is 2.14. The highest BCUT2D eigenvalue weighted by Gasteiger charge is 2.45. The first-order valence-corrected chi connectivity index (χ1v) is 17.5. The molecule has 19 nitrogen and oxygen atoms in total. The molecular weight excluding hydrogens is 650 g/mol. The van der Waals surface area contributed by atoms with E-state index in [4.69, 9.17) is 39.0 Å². The fraction of sp³-hybridized carbons (Fsp3) is 0.640. The number of nitrogen functional groups attached to an aromatic ring is 2. The summed E-state index contributed by atoms with van der Waals surface area (Å²) in [5.41, 5.74) is 11.7.